The van der Waals surface area contributed by atoms with Gasteiger partial charge >= 0.3 is 0 Å². The first-order chi connectivity index (χ1) is 7.77. The van der Waals surface area contributed by atoms with Crippen LogP contribution in [-0.4, -0.2) is 5.88 Å². The van der Waals surface area contributed by atoms with Gasteiger partial charge in [0, 0.05) is 10.4 Å². The molecule has 0 aromatic heterocycles. The Kier molecular flexibility index (Phi) is 7.15. The summed E-state index contributed by atoms with van der Waals surface area (Å²) in [5.74, 6) is 1.25. The molecule has 1 rings (SSSR count). The number of benzene rings is 1. The van der Waals surface area contributed by atoms with Gasteiger partial charge in [-0.15, -0.1) is 11.6 Å². The summed E-state index contributed by atoms with van der Waals surface area (Å²) < 4.78 is 1.13. The molecule has 1 aromatic rings. The van der Waals surface area contributed by atoms with E-state index in [9.17, 15) is 0 Å². The van der Waals surface area contributed by atoms with Gasteiger partial charge < -0.3 is 0 Å². The fourth-order valence-electron chi connectivity index (χ4n) is 1.89. The number of alkyl halides is 1. The summed E-state index contributed by atoms with van der Waals surface area (Å²) in [6, 6.07) is 8.55. The van der Waals surface area contributed by atoms with E-state index in [1.807, 2.05) is 0 Å². The molecule has 0 heterocycles. The van der Waals surface area contributed by atoms with Crippen LogP contribution < -0.4 is 0 Å². The van der Waals surface area contributed by atoms with Crippen molar-refractivity contribution in [1.82, 2.24) is 0 Å². The number of halogens is 2. The lowest BCUT2D eigenvalue weighted by atomic mass is 9.95. The van der Waals surface area contributed by atoms with E-state index >= 15 is 0 Å². The van der Waals surface area contributed by atoms with Gasteiger partial charge in [-0.2, -0.15) is 0 Å². The van der Waals surface area contributed by atoms with Crippen LogP contribution in [0.5, 0.6) is 0 Å². The summed E-state index contributed by atoms with van der Waals surface area (Å²) in [6.45, 7) is 2.24. The predicted octanol–water partition coefficient (Wildman–Crippen LogP) is 5.74. The molecule has 0 amide bonds. The molecule has 0 fully saturated rings. The van der Waals surface area contributed by atoms with Crippen LogP contribution in [-0.2, 0) is 0 Å². The van der Waals surface area contributed by atoms with Crippen LogP contribution in [0.1, 0.15) is 50.5 Å². The van der Waals surface area contributed by atoms with Crippen LogP contribution in [0.15, 0.2) is 28.7 Å². The van der Waals surface area contributed by atoms with E-state index in [1.54, 1.807) is 0 Å². The van der Waals surface area contributed by atoms with Crippen LogP contribution in [0.2, 0.25) is 0 Å². The summed E-state index contributed by atoms with van der Waals surface area (Å²) in [5, 5.41) is 0. The highest BCUT2D eigenvalue weighted by molar-refractivity contribution is 9.10. The highest BCUT2D eigenvalue weighted by atomic mass is 79.9. The summed E-state index contributed by atoms with van der Waals surface area (Å²) >= 11 is 9.50. The lowest BCUT2D eigenvalue weighted by Gasteiger charge is -2.14. The summed E-state index contributed by atoms with van der Waals surface area (Å²) in [7, 11) is 0. The van der Waals surface area contributed by atoms with Gasteiger partial charge in [0.1, 0.15) is 0 Å². The van der Waals surface area contributed by atoms with E-state index in [4.69, 9.17) is 11.6 Å². The van der Waals surface area contributed by atoms with E-state index in [2.05, 4.69) is 47.1 Å². The monoisotopic (exact) mass is 302 g/mol. The summed E-state index contributed by atoms with van der Waals surface area (Å²) in [5.41, 5.74) is 1.37. The third-order valence-electron chi connectivity index (χ3n) is 2.93. The predicted molar refractivity (Wildman–Crippen MR) is 76.4 cm³/mol. The van der Waals surface area contributed by atoms with Crippen molar-refractivity contribution in [3.63, 3.8) is 0 Å². The Morgan fingerprint density at radius 1 is 1.12 bits per heavy atom. The molecule has 0 bridgehead atoms. The normalized spacial score (nSPS) is 12.7. The van der Waals surface area contributed by atoms with Gasteiger partial charge in [0.25, 0.3) is 0 Å². The lowest BCUT2D eigenvalue weighted by molar-refractivity contribution is 0.583. The Bertz CT molecular complexity index is 281. The Hall–Kier alpha value is -0.0100. The van der Waals surface area contributed by atoms with Gasteiger partial charge in [-0.1, -0.05) is 60.7 Å². The summed E-state index contributed by atoms with van der Waals surface area (Å²) in [6.07, 6.45) is 6.48. The molecule has 2 heteroatoms. The minimum atomic E-state index is 0.520. The van der Waals surface area contributed by atoms with Gasteiger partial charge in [-0.3, -0.25) is 0 Å². The van der Waals surface area contributed by atoms with Crippen molar-refractivity contribution < 1.29 is 0 Å². The second-order valence-corrected chi connectivity index (χ2v) is 5.48. The zero-order chi connectivity index (χ0) is 11.8. The van der Waals surface area contributed by atoms with Gasteiger partial charge in [-0.25, -0.2) is 0 Å². The Labute approximate surface area is 113 Å². The summed E-state index contributed by atoms with van der Waals surface area (Å²) in [4.78, 5) is 0. The smallest absolute Gasteiger partial charge is 0.0292 e. The molecule has 1 aromatic carbocycles. The fourth-order valence-corrected chi connectivity index (χ4v) is 2.48. The van der Waals surface area contributed by atoms with Crippen molar-refractivity contribution in [3.05, 3.63) is 34.3 Å². The van der Waals surface area contributed by atoms with Crippen LogP contribution >= 0.6 is 27.5 Å². The standard InChI is InChI=1S/C14H20BrCl/c1-2-3-4-5-6-13(11-16)12-7-9-14(15)10-8-12/h7-10,13H,2-6,11H2,1H3. The lowest BCUT2D eigenvalue weighted by Crippen LogP contribution is -2.00. The van der Waals surface area contributed by atoms with E-state index in [0.29, 0.717) is 5.92 Å². The maximum absolute atomic E-state index is 6.04. The molecule has 16 heavy (non-hydrogen) atoms. The first-order valence-corrected chi connectivity index (χ1v) is 7.42. The Balaban J connectivity index is 2.44. The highest BCUT2D eigenvalue weighted by Gasteiger charge is 2.09. The molecule has 0 aliphatic carbocycles. The van der Waals surface area contributed by atoms with Crippen LogP contribution in [0.3, 0.4) is 0 Å². The molecule has 0 spiro atoms. The highest BCUT2D eigenvalue weighted by Crippen LogP contribution is 2.25. The van der Waals surface area contributed by atoms with Crippen molar-refractivity contribution in [3.8, 4) is 0 Å². The topological polar surface area (TPSA) is 0 Å². The van der Waals surface area contributed by atoms with E-state index in [-0.39, 0.29) is 0 Å². The van der Waals surface area contributed by atoms with Gasteiger partial charge in [-0.05, 0) is 30.0 Å². The molecule has 0 saturated heterocycles. The largest absolute Gasteiger partial charge is 0.126 e. The van der Waals surface area contributed by atoms with E-state index < -0.39 is 0 Å². The molecular formula is C14H20BrCl. The van der Waals surface area contributed by atoms with Crippen molar-refractivity contribution in [2.24, 2.45) is 0 Å². The van der Waals surface area contributed by atoms with E-state index in [0.717, 1.165) is 10.4 Å². The molecule has 0 aliphatic heterocycles. The Morgan fingerprint density at radius 2 is 1.81 bits per heavy atom. The molecule has 0 N–H and O–H groups in total. The molecule has 90 valence electrons. The number of rotatable bonds is 7. The first-order valence-electron chi connectivity index (χ1n) is 6.09. The third-order valence-corrected chi connectivity index (χ3v) is 3.83. The second kappa shape index (κ2) is 8.14. The third kappa shape index (κ3) is 4.88. The van der Waals surface area contributed by atoms with Gasteiger partial charge in [0.05, 0.1) is 0 Å². The van der Waals surface area contributed by atoms with Crippen molar-refractivity contribution >= 4 is 27.5 Å². The van der Waals surface area contributed by atoms with Crippen molar-refractivity contribution in [1.29, 1.82) is 0 Å². The minimum Gasteiger partial charge on any atom is -0.126 e. The molecule has 1 unspecified atom stereocenters. The molecule has 1 atom stereocenters. The number of hydrogen-bond donors (Lipinski definition) is 0. The average molecular weight is 304 g/mol. The quantitative estimate of drug-likeness (QED) is 0.445. The SMILES string of the molecule is CCCCCCC(CCl)c1ccc(Br)cc1. The van der Waals surface area contributed by atoms with Gasteiger partial charge in [0.2, 0.25) is 0 Å². The van der Waals surface area contributed by atoms with Crippen LogP contribution in [0, 0.1) is 0 Å². The zero-order valence-corrected chi connectivity index (χ0v) is 12.2. The number of unbranched alkanes of at least 4 members (excludes halogenated alkanes) is 3. The molecule has 0 aliphatic rings. The average Bonchev–Trinajstić information content (AvgIpc) is 2.31. The maximum atomic E-state index is 6.04. The fraction of sp³-hybridized carbons (Fsp3) is 0.571. The van der Waals surface area contributed by atoms with Crippen molar-refractivity contribution in [2.45, 2.75) is 44.9 Å². The molecule has 0 saturated carbocycles. The first kappa shape index (κ1) is 14.1. The molecular weight excluding hydrogens is 284 g/mol. The van der Waals surface area contributed by atoms with Crippen molar-refractivity contribution in [2.75, 3.05) is 5.88 Å². The van der Waals surface area contributed by atoms with E-state index in [1.165, 1.54) is 37.7 Å². The zero-order valence-electron chi connectivity index (χ0n) is 9.89. The van der Waals surface area contributed by atoms with Crippen LogP contribution in [0.4, 0.5) is 0 Å². The minimum absolute atomic E-state index is 0.520. The van der Waals surface area contributed by atoms with Gasteiger partial charge in [0.15, 0.2) is 0 Å². The maximum Gasteiger partial charge on any atom is 0.0292 e. The number of hydrogen-bond acceptors (Lipinski definition) is 0. The van der Waals surface area contributed by atoms with Crippen LogP contribution in [0.25, 0.3) is 0 Å². The molecule has 0 nitrogen and oxygen atoms in total. The Morgan fingerprint density at radius 3 is 2.38 bits per heavy atom. The second-order valence-electron chi connectivity index (χ2n) is 4.25. The molecule has 0 radical (unpaired) electrons.